The van der Waals surface area contributed by atoms with Crippen LogP contribution in [0, 0.1) is 0 Å². The summed E-state index contributed by atoms with van der Waals surface area (Å²) >= 11 is 0. The molecule has 0 spiro atoms. The van der Waals surface area contributed by atoms with Gasteiger partial charge in [0, 0.05) is 17.3 Å². The molecule has 3 aromatic rings. The lowest BCUT2D eigenvalue weighted by Crippen LogP contribution is -2.26. The number of amides is 1. The fourth-order valence-corrected chi connectivity index (χ4v) is 2.89. The fourth-order valence-electron chi connectivity index (χ4n) is 2.89. The number of anilines is 1. The quantitative estimate of drug-likeness (QED) is 0.570. The molecule has 0 aromatic heterocycles. The molecule has 0 aliphatic carbocycles. The van der Waals surface area contributed by atoms with Gasteiger partial charge in [0.05, 0.1) is 20.6 Å². The van der Waals surface area contributed by atoms with E-state index in [1.165, 1.54) is 0 Å². The zero-order valence-corrected chi connectivity index (χ0v) is 16.8. The summed E-state index contributed by atoms with van der Waals surface area (Å²) in [5.74, 6) is 0.361. The van der Waals surface area contributed by atoms with Gasteiger partial charge < -0.3 is 19.5 Å². The summed E-state index contributed by atoms with van der Waals surface area (Å²) in [6.45, 7) is 0. The number of carbonyl (C=O) groups excluding carboxylic acids is 2. The maximum atomic E-state index is 12.9. The monoisotopic (exact) mass is 405 g/mol. The topological polar surface area (TPSA) is 73.9 Å². The first kappa shape index (κ1) is 20.9. The Labute approximate surface area is 175 Å². The van der Waals surface area contributed by atoms with Gasteiger partial charge in [0.2, 0.25) is 6.10 Å². The molecular weight excluding hydrogens is 382 g/mol. The van der Waals surface area contributed by atoms with Crippen molar-refractivity contribution in [3.05, 3.63) is 90.0 Å². The summed E-state index contributed by atoms with van der Waals surface area (Å²) < 4.78 is 15.9. The van der Waals surface area contributed by atoms with Gasteiger partial charge in [0.1, 0.15) is 11.5 Å². The van der Waals surface area contributed by atoms with Crippen LogP contribution in [0.15, 0.2) is 78.9 Å². The van der Waals surface area contributed by atoms with E-state index in [1.54, 1.807) is 87.0 Å². The molecule has 6 nitrogen and oxygen atoms in total. The van der Waals surface area contributed by atoms with Gasteiger partial charge in [-0.2, -0.15) is 0 Å². The molecule has 3 rings (SSSR count). The molecule has 0 aliphatic rings. The molecule has 154 valence electrons. The zero-order chi connectivity index (χ0) is 21.3. The minimum Gasteiger partial charge on any atom is -0.497 e. The Kier molecular flexibility index (Phi) is 7.05. The van der Waals surface area contributed by atoms with Gasteiger partial charge in [0.15, 0.2) is 0 Å². The molecule has 3 aromatic carbocycles. The largest absolute Gasteiger partial charge is 0.497 e. The molecule has 0 bridgehead atoms. The number of nitrogens with one attached hydrogen (secondary N) is 1. The van der Waals surface area contributed by atoms with Crippen molar-refractivity contribution in [3.63, 3.8) is 0 Å². The predicted molar refractivity (Wildman–Crippen MR) is 114 cm³/mol. The van der Waals surface area contributed by atoms with E-state index in [-0.39, 0.29) is 6.42 Å². The van der Waals surface area contributed by atoms with Crippen molar-refractivity contribution in [2.45, 2.75) is 12.5 Å². The molecular formula is C24H23NO5. The number of ether oxygens (including phenoxy) is 3. The molecule has 0 saturated heterocycles. The van der Waals surface area contributed by atoms with Crippen LogP contribution in [0.3, 0.4) is 0 Å². The van der Waals surface area contributed by atoms with Gasteiger partial charge in [-0.05, 0) is 29.8 Å². The number of hydrogen-bond acceptors (Lipinski definition) is 5. The summed E-state index contributed by atoms with van der Waals surface area (Å²) in [6, 6.07) is 23.0. The smallest absolute Gasteiger partial charge is 0.311 e. The highest BCUT2D eigenvalue weighted by Crippen LogP contribution is 2.23. The van der Waals surface area contributed by atoms with E-state index in [1.807, 2.05) is 6.07 Å². The summed E-state index contributed by atoms with van der Waals surface area (Å²) in [4.78, 5) is 25.5. The number of esters is 1. The summed E-state index contributed by atoms with van der Waals surface area (Å²) in [5.41, 5.74) is 1.90. The van der Waals surface area contributed by atoms with Gasteiger partial charge in [0.25, 0.3) is 5.91 Å². The Morgan fingerprint density at radius 3 is 2.20 bits per heavy atom. The van der Waals surface area contributed by atoms with Gasteiger partial charge in [-0.3, -0.25) is 9.59 Å². The average molecular weight is 405 g/mol. The third-order valence-corrected chi connectivity index (χ3v) is 4.43. The highest BCUT2D eigenvalue weighted by Gasteiger charge is 2.25. The first-order valence-electron chi connectivity index (χ1n) is 9.41. The maximum absolute atomic E-state index is 12.9. The first-order chi connectivity index (χ1) is 14.6. The number of methoxy groups -OCH3 is 2. The second-order valence-electron chi connectivity index (χ2n) is 6.53. The molecule has 0 saturated carbocycles. The molecule has 0 unspecified atom stereocenters. The number of carbonyl (C=O) groups is 2. The molecule has 1 amide bonds. The lowest BCUT2D eigenvalue weighted by atomic mass is 10.1. The van der Waals surface area contributed by atoms with Gasteiger partial charge >= 0.3 is 5.97 Å². The predicted octanol–water partition coefficient (Wildman–Crippen LogP) is 4.17. The van der Waals surface area contributed by atoms with Crippen molar-refractivity contribution in [2.75, 3.05) is 19.5 Å². The minimum atomic E-state index is -1.08. The summed E-state index contributed by atoms with van der Waals surface area (Å²) in [5, 5.41) is 2.79. The van der Waals surface area contributed by atoms with Crippen LogP contribution in [-0.2, 0) is 20.7 Å². The van der Waals surface area contributed by atoms with Gasteiger partial charge in [-0.15, -0.1) is 0 Å². The van der Waals surface area contributed by atoms with Crippen molar-refractivity contribution >= 4 is 17.6 Å². The maximum Gasteiger partial charge on any atom is 0.311 e. The first-order valence-corrected chi connectivity index (χ1v) is 9.41. The normalized spacial score (nSPS) is 11.3. The molecule has 1 N–H and O–H groups in total. The molecule has 0 aliphatic heterocycles. The standard InChI is InChI=1S/C24H23NO5/c1-28-20-13-11-17(12-14-20)15-22(26)30-23(18-7-4-3-5-8-18)24(27)25-19-9-6-10-21(16-19)29-2/h3-14,16,23H,15H2,1-2H3,(H,25,27)/t23-/m1/s1. The Balaban J connectivity index is 1.74. The van der Waals surface area contributed by atoms with Crippen molar-refractivity contribution < 1.29 is 23.8 Å². The van der Waals surface area contributed by atoms with E-state index in [4.69, 9.17) is 14.2 Å². The second-order valence-corrected chi connectivity index (χ2v) is 6.53. The van der Waals surface area contributed by atoms with Crippen LogP contribution in [0.25, 0.3) is 0 Å². The lowest BCUT2D eigenvalue weighted by Gasteiger charge is -2.18. The summed E-state index contributed by atoms with van der Waals surface area (Å²) in [7, 11) is 3.13. The highest BCUT2D eigenvalue weighted by molar-refractivity contribution is 5.96. The van der Waals surface area contributed by atoms with E-state index in [9.17, 15) is 9.59 Å². The van der Waals surface area contributed by atoms with E-state index in [0.717, 1.165) is 5.56 Å². The Morgan fingerprint density at radius 1 is 0.833 bits per heavy atom. The van der Waals surface area contributed by atoms with Crippen molar-refractivity contribution in [2.24, 2.45) is 0 Å². The molecule has 0 fully saturated rings. The van der Waals surface area contributed by atoms with Crippen LogP contribution >= 0.6 is 0 Å². The molecule has 6 heteroatoms. The van der Waals surface area contributed by atoms with E-state index in [0.29, 0.717) is 22.7 Å². The van der Waals surface area contributed by atoms with E-state index >= 15 is 0 Å². The van der Waals surface area contributed by atoms with E-state index < -0.39 is 18.0 Å². The minimum absolute atomic E-state index is 0.0414. The van der Waals surface area contributed by atoms with Crippen molar-refractivity contribution in [1.82, 2.24) is 0 Å². The Bertz CT molecular complexity index is 986. The fraction of sp³-hybridized carbons (Fsp3) is 0.167. The van der Waals surface area contributed by atoms with Crippen LogP contribution in [0.5, 0.6) is 11.5 Å². The SMILES string of the molecule is COc1ccc(CC(=O)O[C@@H](C(=O)Nc2cccc(OC)c2)c2ccccc2)cc1. The second kappa shape index (κ2) is 10.1. The van der Waals surface area contributed by atoms with Crippen LogP contribution < -0.4 is 14.8 Å². The zero-order valence-electron chi connectivity index (χ0n) is 16.8. The summed E-state index contributed by atoms with van der Waals surface area (Å²) in [6.07, 6.45) is -1.04. The van der Waals surface area contributed by atoms with E-state index in [2.05, 4.69) is 5.32 Å². The number of benzene rings is 3. The lowest BCUT2D eigenvalue weighted by molar-refractivity contribution is -0.154. The molecule has 1 atom stereocenters. The van der Waals surface area contributed by atoms with Crippen LogP contribution in [0.2, 0.25) is 0 Å². The van der Waals surface area contributed by atoms with Crippen molar-refractivity contribution in [3.8, 4) is 11.5 Å². The average Bonchev–Trinajstić information content (AvgIpc) is 2.78. The van der Waals surface area contributed by atoms with Crippen LogP contribution in [0.1, 0.15) is 17.2 Å². The van der Waals surface area contributed by atoms with Gasteiger partial charge in [-0.1, -0.05) is 48.5 Å². The Hall–Kier alpha value is -3.80. The number of hydrogen-bond donors (Lipinski definition) is 1. The molecule has 30 heavy (non-hydrogen) atoms. The van der Waals surface area contributed by atoms with Gasteiger partial charge in [-0.25, -0.2) is 0 Å². The van der Waals surface area contributed by atoms with Crippen molar-refractivity contribution in [1.29, 1.82) is 0 Å². The molecule has 0 radical (unpaired) electrons. The third-order valence-electron chi connectivity index (χ3n) is 4.43. The Morgan fingerprint density at radius 2 is 1.53 bits per heavy atom. The molecule has 0 heterocycles. The number of rotatable bonds is 8. The van der Waals surface area contributed by atoms with Crippen LogP contribution in [0.4, 0.5) is 5.69 Å². The highest BCUT2D eigenvalue weighted by atomic mass is 16.5. The third kappa shape index (κ3) is 5.61. The van der Waals surface area contributed by atoms with Crippen LogP contribution in [-0.4, -0.2) is 26.1 Å².